The second kappa shape index (κ2) is 8.90. The van der Waals surface area contributed by atoms with Gasteiger partial charge in [0.1, 0.15) is 6.17 Å². The third-order valence-electron chi connectivity index (χ3n) is 3.39. The zero-order valence-electron chi connectivity index (χ0n) is 13.5. The van der Waals surface area contributed by atoms with Crippen molar-refractivity contribution >= 4 is 74.5 Å². The molecule has 0 bridgehead atoms. The van der Waals surface area contributed by atoms with Gasteiger partial charge in [-0.1, -0.05) is 72.1 Å². The molecule has 0 spiro atoms. The standard InChI is InChI=1S/C17H18Cl3N3OS/c1-2-5-14(24)22-15(17(18,19)20)23-16(25)21-13-9-8-11-6-3-4-7-12(11)10-13/h3-4,6-10,15H,2,5H2,1H3,(H,22,24)(H2,21,23,25). The highest BCUT2D eigenvalue weighted by Crippen LogP contribution is 2.29. The minimum absolute atomic E-state index is 0.222. The van der Waals surface area contributed by atoms with Crippen LogP contribution < -0.4 is 16.0 Å². The van der Waals surface area contributed by atoms with E-state index in [9.17, 15) is 4.79 Å². The molecule has 0 aromatic heterocycles. The quantitative estimate of drug-likeness (QED) is 0.373. The van der Waals surface area contributed by atoms with Crippen LogP contribution in [0.1, 0.15) is 19.8 Å². The topological polar surface area (TPSA) is 53.2 Å². The minimum atomic E-state index is -1.75. The Morgan fingerprint density at radius 3 is 2.44 bits per heavy atom. The van der Waals surface area contributed by atoms with Crippen LogP contribution in [0.3, 0.4) is 0 Å². The van der Waals surface area contributed by atoms with E-state index in [4.69, 9.17) is 47.0 Å². The Kier molecular flexibility index (Phi) is 7.14. The molecule has 0 heterocycles. The number of nitrogens with one attached hydrogen (secondary N) is 3. The average Bonchev–Trinajstić information content (AvgIpc) is 2.53. The number of thiocarbonyl (C=S) groups is 1. The molecule has 0 aliphatic rings. The predicted octanol–water partition coefficient (Wildman–Crippen LogP) is 4.74. The van der Waals surface area contributed by atoms with E-state index in [-0.39, 0.29) is 11.0 Å². The number of hydrogen-bond acceptors (Lipinski definition) is 2. The molecule has 0 aliphatic heterocycles. The lowest BCUT2D eigenvalue weighted by atomic mass is 10.1. The van der Waals surface area contributed by atoms with E-state index in [0.717, 1.165) is 16.5 Å². The molecule has 2 rings (SSSR count). The van der Waals surface area contributed by atoms with Crippen molar-refractivity contribution < 1.29 is 4.79 Å². The van der Waals surface area contributed by atoms with Crippen molar-refractivity contribution in [2.45, 2.75) is 29.7 Å². The summed E-state index contributed by atoms with van der Waals surface area (Å²) in [6, 6.07) is 13.8. The fourth-order valence-corrected chi connectivity index (χ4v) is 2.79. The number of carbonyl (C=O) groups is 1. The van der Waals surface area contributed by atoms with E-state index >= 15 is 0 Å². The zero-order chi connectivity index (χ0) is 18.4. The number of anilines is 1. The first-order valence-electron chi connectivity index (χ1n) is 7.72. The molecule has 1 atom stereocenters. The molecule has 0 saturated carbocycles. The molecule has 4 nitrogen and oxygen atoms in total. The van der Waals surface area contributed by atoms with Crippen LogP contribution in [0.5, 0.6) is 0 Å². The number of hydrogen-bond donors (Lipinski definition) is 3. The largest absolute Gasteiger partial charge is 0.339 e. The third-order valence-corrected chi connectivity index (χ3v) is 4.27. The first-order valence-corrected chi connectivity index (χ1v) is 9.26. The van der Waals surface area contributed by atoms with E-state index in [1.54, 1.807) is 0 Å². The Labute approximate surface area is 167 Å². The lowest BCUT2D eigenvalue weighted by Gasteiger charge is -2.27. The molecular formula is C17H18Cl3N3OS. The highest BCUT2D eigenvalue weighted by molar-refractivity contribution is 7.80. The number of amides is 1. The number of fused-ring (bicyclic) bond motifs is 1. The summed E-state index contributed by atoms with van der Waals surface area (Å²) in [5, 5.41) is 10.9. The maximum Gasteiger partial charge on any atom is 0.228 e. The Hall–Kier alpha value is -1.27. The highest BCUT2D eigenvalue weighted by Gasteiger charge is 2.34. The van der Waals surface area contributed by atoms with Gasteiger partial charge in [-0.3, -0.25) is 4.79 Å². The second-order valence-corrected chi connectivity index (χ2v) is 8.23. The van der Waals surface area contributed by atoms with Gasteiger partial charge in [0.15, 0.2) is 5.11 Å². The van der Waals surface area contributed by atoms with Crippen LogP contribution >= 0.6 is 47.0 Å². The molecule has 2 aromatic rings. The fraction of sp³-hybridized carbons (Fsp3) is 0.294. The van der Waals surface area contributed by atoms with Gasteiger partial charge in [-0.2, -0.15) is 0 Å². The van der Waals surface area contributed by atoms with E-state index in [1.807, 2.05) is 49.4 Å². The van der Waals surface area contributed by atoms with E-state index in [1.165, 1.54) is 0 Å². The maximum atomic E-state index is 11.8. The number of carbonyl (C=O) groups excluding carboxylic acids is 1. The third kappa shape index (κ3) is 6.19. The zero-order valence-corrected chi connectivity index (χ0v) is 16.6. The van der Waals surface area contributed by atoms with Gasteiger partial charge in [0.25, 0.3) is 0 Å². The molecule has 8 heteroatoms. The van der Waals surface area contributed by atoms with Crippen molar-refractivity contribution in [3.63, 3.8) is 0 Å². The number of rotatable bonds is 5. The molecule has 0 saturated heterocycles. The minimum Gasteiger partial charge on any atom is -0.339 e. The van der Waals surface area contributed by atoms with Crippen LogP contribution in [0.25, 0.3) is 10.8 Å². The summed E-state index contributed by atoms with van der Waals surface area (Å²) in [6.07, 6.45) is 0.0825. The average molecular weight is 419 g/mol. The molecule has 0 radical (unpaired) electrons. The maximum absolute atomic E-state index is 11.8. The highest BCUT2D eigenvalue weighted by atomic mass is 35.6. The van der Waals surface area contributed by atoms with Crippen LogP contribution in [0.4, 0.5) is 5.69 Å². The van der Waals surface area contributed by atoms with Crippen molar-refractivity contribution in [3.8, 4) is 0 Å². The number of halogens is 3. The van der Waals surface area contributed by atoms with E-state index in [0.29, 0.717) is 12.8 Å². The predicted molar refractivity (Wildman–Crippen MR) is 110 cm³/mol. The monoisotopic (exact) mass is 417 g/mol. The van der Waals surface area contributed by atoms with Crippen LogP contribution in [0.15, 0.2) is 42.5 Å². The van der Waals surface area contributed by atoms with Crippen molar-refractivity contribution in [1.82, 2.24) is 10.6 Å². The van der Waals surface area contributed by atoms with E-state index < -0.39 is 9.96 Å². The van der Waals surface area contributed by atoms with Crippen molar-refractivity contribution in [3.05, 3.63) is 42.5 Å². The molecule has 3 N–H and O–H groups in total. The fourth-order valence-electron chi connectivity index (χ4n) is 2.23. The molecular weight excluding hydrogens is 401 g/mol. The number of benzene rings is 2. The summed E-state index contributed by atoms with van der Waals surface area (Å²) in [7, 11) is 0. The number of alkyl halides is 3. The summed E-state index contributed by atoms with van der Waals surface area (Å²) in [5.74, 6) is -0.222. The SMILES string of the molecule is CCCC(=O)NC(NC(=S)Nc1ccc2ccccc2c1)C(Cl)(Cl)Cl. The molecule has 2 aromatic carbocycles. The summed E-state index contributed by atoms with van der Waals surface area (Å²) in [5.41, 5.74) is 0.791. The molecule has 1 unspecified atom stereocenters. The van der Waals surface area contributed by atoms with Crippen molar-refractivity contribution in [2.75, 3.05) is 5.32 Å². The summed E-state index contributed by atoms with van der Waals surface area (Å²) in [4.78, 5) is 11.8. The molecule has 0 aliphatic carbocycles. The van der Waals surface area contributed by atoms with Gasteiger partial charge >= 0.3 is 0 Å². The van der Waals surface area contributed by atoms with Gasteiger partial charge in [0.2, 0.25) is 9.70 Å². The van der Waals surface area contributed by atoms with Crippen molar-refractivity contribution in [2.24, 2.45) is 0 Å². The van der Waals surface area contributed by atoms with Crippen molar-refractivity contribution in [1.29, 1.82) is 0 Å². The summed E-state index contributed by atoms with van der Waals surface area (Å²) in [6.45, 7) is 1.89. The molecule has 134 valence electrons. The van der Waals surface area contributed by atoms with Gasteiger partial charge in [0, 0.05) is 12.1 Å². The van der Waals surface area contributed by atoms with Crippen LogP contribution in [0.2, 0.25) is 0 Å². The van der Waals surface area contributed by atoms with Crippen LogP contribution in [-0.2, 0) is 4.79 Å². The first-order chi connectivity index (χ1) is 11.8. The van der Waals surface area contributed by atoms with E-state index in [2.05, 4.69) is 16.0 Å². The second-order valence-electron chi connectivity index (χ2n) is 5.45. The normalized spacial score (nSPS) is 12.5. The lowest BCUT2D eigenvalue weighted by molar-refractivity contribution is -0.121. The van der Waals surface area contributed by atoms with Gasteiger partial charge < -0.3 is 16.0 Å². The smallest absolute Gasteiger partial charge is 0.228 e. The van der Waals surface area contributed by atoms with Crippen LogP contribution in [0, 0.1) is 0 Å². The molecule has 25 heavy (non-hydrogen) atoms. The van der Waals surface area contributed by atoms with Crippen LogP contribution in [-0.4, -0.2) is 21.0 Å². The Morgan fingerprint density at radius 2 is 1.80 bits per heavy atom. The Bertz CT molecular complexity index is 764. The summed E-state index contributed by atoms with van der Waals surface area (Å²) < 4.78 is -1.75. The summed E-state index contributed by atoms with van der Waals surface area (Å²) >= 11 is 23.1. The van der Waals surface area contributed by atoms with Gasteiger partial charge in [0.05, 0.1) is 0 Å². The molecule has 0 fully saturated rings. The Balaban J connectivity index is 2.05. The van der Waals surface area contributed by atoms with Gasteiger partial charge in [-0.05, 0) is 41.5 Å². The first kappa shape index (κ1) is 20.0. The lowest BCUT2D eigenvalue weighted by Crippen LogP contribution is -2.56. The van der Waals surface area contributed by atoms with Gasteiger partial charge in [-0.25, -0.2) is 0 Å². The Morgan fingerprint density at radius 1 is 1.12 bits per heavy atom. The molecule has 1 amide bonds. The van der Waals surface area contributed by atoms with Gasteiger partial charge in [-0.15, -0.1) is 0 Å².